The van der Waals surface area contributed by atoms with E-state index in [1.807, 2.05) is 29.9 Å². The largest absolute Gasteiger partial charge is 0.450 e. The first-order valence-corrected chi connectivity index (χ1v) is 10.2. The third-order valence-corrected chi connectivity index (χ3v) is 5.30. The highest BCUT2D eigenvalue weighted by Gasteiger charge is 2.28. The number of aromatic nitrogens is 3. The van der Waals surface area contributed by atoms with Crippen LogP contribution < -0.4 is 0 Å². The van der Waals surface area contributed by atoms with E-state index in [-0.39, 0.29) is 17.8 Å². The number of piperazine rings is 1. The third-order valence-electron chi connectivity index (χ3n) is 5.30. The van der Waals surface area contributed by atoms with Crippen molar-refractivity contribution in [2.24, 2.45) is 7.05 Å². The van der Waals surface area contributed by atoms with Crippen LogP contribution >= 0.6 is 0 Å². The fraction of sp³-hybridized carbons (Fsp3) is 0.318. The molecule has 0 radical (unpaired) electrons. The van der Waals surface area contributed by atoms with Gasteiger partial charge in [0.05, 0.1) is 18.0 Å². The summed E-state index contributed by atoms with van der Waals surface area (Å²) in [6.07, 6.45) is 1.54. The van der Waals surface area contributed by atoms with E-state index in [0.717, 1.165) is 5.69 Å². The van der Waals surface area contributed by atoms with Crippen LogP contribution in [0.15, 0.2) is 48.7 Å². The zero-order valence-electron chi connectivity index (χ0n) is 17.5. The van der Waals surface area contributed by atoms with Crippen molar-refractivity contribution in [3.05, 3.63) is 60.2 Å². The predicted molar refractivity (Wildman–Crippen MR) is 112 cm³/mol. The minimum absolute atomic E-state index is 0.194. The molecule has 2 aromatic heterocycles. The van der Waals surface area contributed by atoms with E-state index < -0.39 is 0 Å². The van der Waals surface area contributed by atoms with Gasteiger partial charge in [-0.3, -0.25) is 4.79 Å². The van der Waals surface area contributed by atoms with Crippen LogP contribution in [-0.4, -0.2) is 68.9 Å². The maximum atomic E-state index is 13.4. The molecule has 0 saturated carbocycles. The molecule has 9 heteroatoms. The summed E-state index contributed by atoms with van der Waals surface area (Å²) in [5.41, 5.74) is 2.48. The van der Waals surface area contributed by atoms with Crippen molar-refractivity contribution in [2.75, 3.05) is 32.8 Å². The van der Waals surface area contributed by atoms with Crippen molar-refractivity contribution >= 4 is 12.0 Å². The average Bonchev–Trinajstić information content (AvgIpc) is 3.40. The SMILES string of the molecule is CCOC(=O)N1CCN(C(=O)c2cc(-c3cccn3C)nn2-c2ccc(F)cc2)CC1. The van der Waals surface area contributed by atoms with Gasteiger partial charge in [-0.15, -0.1) is 0 Å². The molecular formula is C22H24FN5O3. The Hall–Kier alpha value is -3.62. The Morgan fingerprint density at radius 1 is 1.06 bits per heavy atom. The van der Waals surface area contributed by atoms with E-state index in [0.29, 0.717) is 49.9 Å². The molecule has 2 amide bonds. The van der Waals surface area contributed by atoms with Gasteiger partial charge in [0, 0.05) is 39.4 Å². The first kappa shape index (κ1) is 20.6. The molecule has 1 aliphatic heterocycles. The number of ether oxygens (including phenoxy) is 1. The first-order valence-electron chi connectivity index (χ1n) is 10.2. The number of amides is 2. The summed E-state index contributed by atoms with van der Waals surface area (Å²) in [7, 11) is 1.91. The Kier molecular flexibility index (Phi) is 5.75. The van der Waals surface area contributed by atoms with E-state index in [2.05, 4.69) is 5.10 Å². The predicted octanol–water partition coefficient (Wildman–Crippen LogP) is 2.93. The monoisotopic (exact) mass is 425 g/mol. The van der Waals surface area contributed by atoms with E-state index >= 15 is 0 Å². The number of carbonyl (C=O) groups excluding carboxylic acids is 2. The van der Waals surface area contributed by atoms with Gasteiger partial charge >= 0.3 is 6.09 Å². The second-order valence-electron chi connectivity index (χ2n) is 7.29. The number of carbonyl (C=O) groups is 2. The first-order chi connectivity index (χ1) is 15.0. The molecule has 0 N–H and O–H groups in total. The van der Waals surface area contributed by atoms with E-state index in [1.54, 1.807) is 39.6 Å². The van der Waals surface area contributed by atoms with Gasteiger partial charge in [-0.2, -0.15) is 5.10 Å². The summed E-state index contributed by atoms with van der Waals surface area (Å²) in [4.78, 5) is 28.6. The van der Waals surface area contributed by atoms with Crippen LogP contribution in [0.2, 0.25) is 0 Å². The van der Waals surface area contributed by atoms with Crippen molar-refractivity contribution in [2.45, 2.75) is 6.92 Å². The lowest BCUT2D eigenvalue weighted by atomic mass is 10.2. The number of nitrogens with zero attached hydrogens (tertiary/aromatic N) is 5. The van der Waals surface area contributed by atoms with Crippen LogP contribution in [0.25, 0.3) is 17.1 Å². The lowest BCUT2D eigenvalue weighted by Gasteiger charge is -2.34. The number of benzene rings is 1. The van der Waals surface area contributed by atoms with Crippen molar-refractivity contribution in [3.63, 3.8) is 0 Å². The van der Waals surface area contributed by atoms with Crippen LogP contribution in [0.4, 0.5) is 9.18 Å². The van der Waals surface area contributed by atoms with E-state index in [1.165, 1.54) is 12.1 Å². The zero-order chi connectivity index (χ0) is 22.0. The van der Waals surface area contributed by atoms with E-state index in [9.17, 15) is 14.0 Å². The van der Waals surface area contributed by atoms with Gasteiger partial charge in [0.2, 0.25) is 0 Å². The lowest BCUT2D eigenvalue weighted by Crippen LogP contribution is -2.51. The summed E-state index contributed by atoms with van der Waals surface area (Å²) < 4.78 is 21.9. The molecule has 1 saturated heterocycles. The fourth-order valence-corrected chi connectivity index (χ4v) is 3.63. The van der Waals surface area contributed by atoms with Gasteiger partial charge in [0.25, 0.3) is 5.91 Å². The molecule has 1 fully saturated rings. The minimum atomic E-state index is -0.364. The molecule has 0 spiro atoms. The standard InChI is InChI=1S/C22H24FN5O3/c1-3-31-22(30)27-13-11-26(12-14-27)21(29)20-15-18(19-5-4-10-25(19)2)24-28(20)17-8-6-16(23)7-9-17/h4-10,15H,3,11-14H2,1-2H3. The molecule has 0 aliphatic carbocycles. The Balaban J connectivity index is 1.63. The van der Waals surface area contributed by atoms with Crippen LogP contribution in [0, 0.1) is 5.82 Å². The molecule has 3 heterocycles. The summed E-state index contributed by atoms with van der Waals surface area (Å²) in [6, 6.07) is 11.4. The minimum Gasteiger partial charge on any atom is -0.450 e. The average molecular weight is 425 g/mol. The van der Waals surface area contributed by atoms with Crippen LogP contribution in [0.5, 0.6) is 0 Å². The summed E-state index contributed by atoms with van der Waals surface area (Å²) in [6.45, 7) is 3.67. The van der Waals surface area contributed by atoms with Gasteiger partial charge in [-0.25, -0.2) is 13.9 Å². The molecule has 4 rings (SSSR count). The molecular weight excluding hydrogens is 401 g/mol. The van der Waals surface area contributed by atoms with Crippen LogP contribution in [0.3, 0.4) is 0 Å². The van der Waals surface area contributed by atoms with Crippen molar-refractivity contribution in [1.29, 1.82) is 0 Å². The van der Waals surface area contributed by atoms with Crippen LogP contribution in [0.1, 0.15) is 17.4 Å². The smallest absolute Gasteiger partial charge is 0.409 e. The third kappa shape index (κ3) is 4.16. The Labute approximate surface area is 179 Å². The van der Waals surface area contributed by atoms with Gasteiger partial charge in [0.15, 0.2) is 0 Å². The maximum Gasteiger partial charge on any atom is 0.409 e. The number of hydrogen-bond acceptors (Lipinski definition) is 4. The normalized spacial score (nSPS) is 14.0. The van der Waals surface area contributed by atoms with Gasteiger partial charge in [-0.1, -0.05) is 0 Å². The summed E-state index contributed by atoms with van der Waals surface area (Å²) in [5, 5.41) is 4.64. The Morgan fingerprint density at radius 2 is 1.74 bits per heavy atom. The molecule has 8 nitrogen and oxygen atoms in total. The number of aryl methyl sites for hydroxylation is 1. The van der Waals surface area contributed by atoms with Gasteiger partial charge < -0.3 is 19.1 Å². The number of rotatable bonds is 4. The number of halogens is 1. The lowest BCUT2D eigenvalue weighted by molar-refractivity contribution is 0.0563. The Morgan fingerprint density at radius 3 is 2.35 bits per heavy atom. The summed E-state index contributed by atoms with van der Waals surface area (Å²) >= 11 is 0. The fourth-order valence-electron chi connectivity index (χ4n) is 3.63. The molecule has 0 atom stereocenters. The van der Waals surface area contributed by atoms with Gasteiger partial charge in [0.1, 0.15) is 17.2 Å². The molecule has 1 aromatic carbocycles. The summed E-state index contributed by atoms with van der Waals surface area (Å²) in [5.74, 6) is -0.553. The quantitative estimate of drug-likeness (QED) is 0.644. The molecule has 31 heavy (non-hydrogen) atoms. The highest BCUT2D eigenvalue weighted by atomic mass is 19.1. The van der Waals surface area contributed by atoms with Crippen molar-refractivity contribution in [3.8, 4) is 17.1 Å². The second kappa shape index (κ2) is 8.63. The topological polar surface area (TPSA) is 72.6 Å². The van der Waals surface area contributed by atoms with Crippen LogP contribution in [-0.2, 0) is 11.8 Å². The highest BCUT2D eigenvalue weighted by Crippen LogP contribution is 2.23. The molecule has 0 bridgehead atoms. The second-order valence-corrected chi connectivity index (χ2v) is 7.29. The van der Waals surface area contributed by atoms with Crippen molar-refractivity contribution in [1.82, 2.24) is 24.1 Å². The van der Waals surface area contributed by atoms with E-state index in [4.69, 9.17) is 4.74 Å². The van der Waals surface area contributed by atoms with Crippen molar-refractivity contribution < 1.29 is 18.7 Å². The molecule has 3 aromatic rings. The Bertz CT molecular complexity index is 1080. The number of hydrogen-bond donors (Lipinski definition) is 0. The molecule has 0 unspecified atom stereocenters. The molecule has 1 aliphatic rings. The molecule has 162 valence electrons. The van der Waals surface area contributed by atoms with Gasteiger partial charge in [-0.05, 0) is 49.4 Å². The zero-order valence-corrected chi connectivity index (χ0v) is 17.5. The highest BCUT2D eigenvalue weighted by molar-refractivity contribution is 5.94. The maximum absolute atomic E-state index is 13.4.